The van der Waals surface area contributed by atoms with Crippen molar-refractivity contribution in [1.82, 2.24) is 9.88 Å². The molecule has 5 nitrogen and oxygen atoms in total. The van der Waals surface area contributed by atoms with Crippen LogP contribution in [-0.2, 0) is 19.4 Å². The molecule has 146 valence electrons. The molecule has 5 rings (SSSR count). The molecule has 0 saturated carbocycles. The smallest absolute Gasteiger partial charge is 0.250 e. The van der Waals surface area contributed by atoms with Gasteiger partial charge in [-0.1, -0.05) is 30.3 Å². The van der Waals surface area contributed by atoms with Crippen molar-refractivity contribution in [3.8, 4) is 11.6 Å². The molecular formula is C24H23N3O2. The average Bonchev–Trinajstić information content (AvgIpc) is 3.17. The normalized spacial score (nSPS) is 18.1. The van der Waals surface area contributed by atoms with Gasteiger partial charge in [0.25, 0.3) is 0 Å². The number of aryl methyl sites for hydroxylation is 1. The van der Waals surface area contributed by atoms with Crippen molar-refractivity contribution in [2.45, 2.75) is 31.8 Å². The van der Waals surface area contributed by atoms with Gasteiger partial charge in [-0.25, -0.2) is 4.98 Å². The molecule has 2 N–H and O–H groups in total. The van der Waals surface area contributed by atoms with E-state index in [1.54, 1.807) is 12.1 Å². The number of primary amides is 1. The van der Waals surface area contributed by atoms with E-state index in [0.29, 0.717) is 17.5 Å². The molecule has 1 aliphatic heterocycles. The number of pyridine rings is 1. The van der Waals surface area contributed by atoms with E-state index >= 15 is 0 Å². The van der Waals surface area contributed by atoms with Gasteiger partial charge in [0.1, 0.15) is 5.75 Å². The first-order valence-electron chi connectivity index (χ1n) is 10.0. The summed E-state index contributed by atoms with van der Waals surface area (Å²) in [6.45, 7) is 2.13. The molecule has 29 heavy (non-hydrogen) atoms. The molecule has 1 aromatic heterocycles. The number of rotatable bonds is 4. The highest BCUT2D eigenvalue weighted by atomic mass is 16.5. The molecule has 3 aromatic rings. The lowest BCUT2D eigenvalue weighted by molar-refractivity contribution is 0.1000. The number of carbonyl (C=O) groups is 1. The third kappa shape index (κ3) is 3.49. The molecule has 0 spiro atoms. The van der Waals surface area contributed by atoms with Gasteiger partial charge in [0.05, 0.1) is 5.56 Å². The van der Waals surface area contributed by atoms with Gasteiger partial charge < -0.3 is 10.5 Å². The van der Waals surface area contributed by atoms with Crippen molar-refractivity contribution in [3.05, 3.63) is 88.6 Å². The Labute approximate surface area is 170 Å². The first kappa shape index (κ1) is 17.9. The summed E-state index contributed by atoms with van der Waals surface area (Å²) >= 11 is 0. The van der Waals surface area contributed by atoms with Crippen molar-refractivity contribution in [2.24, 2.45) is 5.73 Å². The first-order chi connectivity index (χ1) is 14.2. The average molecular weight is 385 g/mol. The first-order valence-corrected chi connectivity index (χ1v) is 10.0. The van der Waals surface area contributed by atoms with E-state index in [1.165, 1.54) is 28.5 Å². The van der Waals surface area contributed by atoms with Crippen LogP contribution < -0.4 is 10.5 Å². The lowest BCUT2D eigenvalue weighted by Crippen LogP contribution is -2.33. The highest BCUT2D eigenvalue weighted by Crippen LogP contribution is 2.40. The highest BCUT2D eigenvalue weighted by Gasteiger charge is 2.30. The van der Waals surface area contributed by atoms with Gasteiger partial charge in [-0.05, 0) is 59.7 Å². The second-order valence-corrected chi connectivity index (χ2v) is 7.76. The minimum Gasteiger partial charge on any atom is -0.439 e. The number of aromatic nitrogens is 1. The van der Waals surface area contributed by atoms with Gasteiger partial charge in [-0.3, -0.25) is 9.69 Å². The summed E-state index contributed by atoms with van der Waals surface area (Å²) in [6, 6.07) is 18.9. The van der Waals surface area contributed by atoms with E-state index in [-0.39, 0.29) is 0 Å². The lowest BCUT2D eigenvalue weighted by Gasteiger charge is -2.34. The predicted octanol–water partition coefficient (Wildman–Crippen LogP) is 4.02. The maximum Gasteiger partial charge on any atom is 0.250 e. The van der Waals surface area contributed by atoms with E-state index in [2.05, 4.69) is 46.3 Å². The number of nitrogens with two attached hydrogens (primary N) is 1. The summed E-state index contributed by atoms with van der Waals surface area (Å²) in [5.74, 6) is 0.734. The second kappa shape index (κ2) is 7.33. The molecule has 1 aliphatic carbocycles. The second-order valence-electron chi connectivity index (χ2n) is 7.76. The molecule has 2 heterocycles. The van der Waals surface area contributed by atoms with Crippen LogP contribution in [0.25, 0.3) is 0 Å². The van der Waals surface area contributed by atoms with E-state index in [1.807, 2.05) is 6.07 Å². The van der Waals surface area contributed by atoms with Gasteiger partial charge in [0, 0.05) is 31.4 Å². The van der Waals surface area contributed by atoms with E-state index in [0.717, 1.165) is 38.1 Å². The number of benzene rings is 2. The number of hydrogen-bond acceptors (Lipinski definition) is 4. The van der Waals surface area contributed by atoms with Gasteiger partial charge in [-0.15, -0.1) is 0 Å². The van der Waals surface area contributed by atoms with Crippen LogP contribution >= 0.6 is 0 Å². The molecule has 5 heteroatoms. The van der Waals surface area contributed by atoms with Crippen molar-refractivity contribution < 1.29 is 9.53 Å². The quantitative estimate of drug-likeness (QED) is 0.737. The van der Waals surface area contributed by atoms with Crippen molar-refractivity contribution in [3.63, 3.8) is 0 Å². The van der Waals surface area contributed by atoms with Gasteiger partial charge in [-0.2, -0.15) is 0 Å². The van der Waals surface area contributed by atoms with E-state index < -0.39 is 5.91 Å². The SMILES string of the molecule is NC(=O)c1ccc(Oc2ccc3c(c2)CCC3N2CCc3ccccc3C2)nc1. The Kier molecular flexibility index (Phi) is 4.52. The van der Waals surface area contributed by atoms with Crippen molar-refractivity contribution in [1.29, 1.82) is 0 Å². The zero-order chi connectivity index (χ0) is 19.8. The number of ether oxygens (including phenoxy) is 1. The summed E-state index contributed by atoms with van der Waals surface area (Å²) in [5, 5.41) is 0. The summed E-state index contributed by atoms with van der Waals surface area (Å²) < 4.78 is 5.89. The molecule has 0 radical (unpaired) electrons. The van der Waals surface area contributed by atoms with Crippen LogP contribution in [0.1, 0.15) is 45.1 Å². The third-order valence-electron chi connectivity index (χ3n) is 6.00. The van der Waals surface area contributed by atoms with Crippen molar-refractivity contribution in [2.75, 3.05) is 6.54 Å². The summed E-state index contributed by atoms with van der Waals surface area (Å²) in [5.41, 5.74) is 11.3. The number of amides is 1. The maximum absolute atomic E-state index is 11.2. The Morgan fingerprint density at radius 3 is 2.69 bits per heavy atom. The van der Waals surface area contributed by atoms with E-state index in [4.69, 9.17) is 10.5 Å². The molecule has 1 unspecified atom stereocenters. The molecule has 1 amide bonds. The van der Waals surface area contributed by atoms with Crippen LogP contribution in [0.15, 0.2) is 60.8 Å². The summed E-state index contributed by atoms with van der Waals surface area (Å²) in [7, 11) is 0. The molecule has 2 aliphatic rings. The van der Waals surface area contributed by atoms with Crippen LogP contribution in [0.5, 0.6) is 11.6 Å². The zero-order valence-electron chi connectivity index (χ0n) is 16.2. The van der Waals surface area contributed by atoms with E-state index in [9.17, 15) is 4.79 Å². The van der Waals surface area contributed by atoms with Gasteiger partial charge in [0.2, 0.25) is 11.8 Å². The fourth-order valence-electron chi connectivity index (χ4n) is 4.50. The summed E-state index contributed by atoms with van der Waals surface area (Å²) in [6.07, 6.45) is 4.77. The molecule has 2 aromatic carbocycles. The van der Waals surface area contributed by atoms with Crippen LogP contribution in [0, 0.1) is 0 Å². The largest absolute Gasteiger partial charge is 0.439 e. The fourth-order valence-corrected chi connectivity index (χ4v) is 4.50. The lowest BCUT2D eigenvalue weighted by atomic mass is 9.97. The Hall–Kier alpha value is -3.18. The Morgan fingerprint density at radius 2 is 1.90 bits per heavy atom. The number of hydrogen-bond donors (Lipinski definition) is 1. The monoisotopic (exact) mass is 385 g/mol. The van der Waals surface area contributed by atoms with Crippen LogP contribution in [0.2, 0.25) is 0 Å². The fraction of sp³-hybridized carbons (Fsp3) is 0.250. The minimum atomic E-state index is -0.493. The van der Waals surface area contributed by atoms with Crippen molar-refractivity contribution >= 4 is 5.91 Å². The van der Waals surface area contributed by atoms with Crippen LogP contribution in [-0.4, -0.2) is 22.3 Å². The third-order valence-corrected chi connectivity index (χ3v) is 6.00. The standard InChI is InChI=1S/C24H23N3O2/c25-24(28)18-6-10-23(26-14-18)29-20-7-8-21-17(13-20)5-9-22(21)27-12-11-16-3-1-2-4-19(16)15-27/h1-4,6-8,10,13-14,22H,5,9,11-12,15H2,(H2,25,28). The van der Waals surface area contributed by atoms with Crippen LogP contribution in [0.4, 0.5) is 0 Å². The minimum absolute atomic E-state index is 0.372. The number of nitrogens with zero attached hydrogens (tertiary/aromatic N) is 2. The predicted molar refractivity (Wildman–Crippen MR) is 111 cm³/mol. The zero-order valence-corrected chi connectivity index (χ0v) is 16.2. The molecule has 0 fully saturated rings. The number of carbonyl (C=O) groups excluding carboxylic acids is 1. The molecule has 1 atom stereocenters. The molecule has 0 saturated heterocycles. The summed E-state index contributed by atoms with van der Waals surface area (Å²) in [4.78, 5) is 17.9. The molecular weight excluding hydrogens is 362 g/mol. The Morgan fingerprint density at radius 1 is 1.03 bits per heavy atom. The highest BCUT2D eigenvalue weighted by molar-refractivity contribution is 5.92. The van der Waals surface area contributed by atoms with Gasteiger partial charge in [0.15, 0.2) is 0 Å². The van der Waals surface area contributed by atoms with Gasteiger partial charge >= 0.3 is 0 Å². The Bertz CT molecular complexity index is 1060. The number of fused-ring (bicyclic) bond motifs is 2. The topological polar surface area (TPSA) is 68.5 Å². The molecule has 0 bridgehead atoms. The maximum atomic E-state index is 11.2. The van der Waals surface area contributed by atoms with Crippen LogP contribution in [0.3, 0.4) is 0 Å². The Balaban J connectivity index is 1.32.